The number of hydrogen-bond acceptors (Lipinski definition) is 7. The highest BCUT2D eigenvalue weighted by atomic mass is 32.1. The Bertz CT molecular complexity index is 1010. The Morgan fingerprint density at radius 3 is 2.70 bits per heavy atom. The number of aryl methyl sites for hydroxylation is 1. The topological polar surface area (TPSA) is 80.5 Å². The van der Waals surface area contributed by atoms with E-state index in [2.05, 4.69) is 15.2 Å². The van der Waals surface area contributed by atoms with Crippen molar-refractivity contribution in [3.05, 3.63) is 64.5 Å². The van der Waals surface area contributed by atoms with Crippen LogP contribution in [0.25, 0.3) is 0 Å². The molecule has 156 valence electrons. The molecule has 1 saturated heterocycles. The van der Waals surface area contributed by atoms with Gasteiger partial charge in [-0.25, -0.2) is 4.98 Å². The van der Waals surface area contributed by atoms with Gasteiger partial charge in [0.1, 0.15) is 23.1 Å². The van der Waals surface area contributed by atoms with Crippen molar-refractivity contribution in [2.45, 2.75) is 19.8 Å². The Morgan fingerprint density at radius 2 is 1.97 bits per heavy atom. The van der Waals surface area contributed by atoms with Crippen LogP contribution in [0.2, 0.25) is 0 Å². The van der Waals surface area contributed by atoms with Gasteiger partial charge in [-0.15, -0.1) is 0 Å². The molecule has 7 heteroatoms. The normalized spacial score (nSPS) is 14.0. The van der Waals surface area contributed by atoms with Crippen LogP contribution in [-0.4, -0.2) is 41.9 Å². The molecule has 0 bridgehead atoms. The van der Waals surface area contributed by atoms with Gasteiger partial charge in [-0.1, -0.05) is 35.1 Å². The Morgan fingerprint density at radius 1 is 1.20 bits per heavy atom. The molecule has 2 aromatic carbocycles. The SMILES string of the molecule is Cc1cccc(C(=O)c2sc(Nc3ccc(OCCN4CCCC4)cc3)nc2N)c1. The molecule has 3 aromatic rings. The molecule has 6 nitrogen and oxygen atoms in total. The first-order valence-corrected chi connectivity index (χ1v) is 11.0. The summed E-state index contributed by atoms with van der Waals surface area (Å²) < 4.78 is 5.84. The van der Waals surface area contributed by atoms with Crippen LogP contribution in [0, 0.1) is 6.92 Å². The van der Waals surface area contributed by atoms with Crippen LogP contribution in [0.15, 0.2) is 48.5 Å². The molecule has 4 rings (SSSR count). The second kappa shape index (κ2) is 9.28. The summed E-state index contributed by atoms with van der Waals surface area (Å²) in [5.74, 6) is 0.980. The molecule has 0 unspecified atom stereocenters. The molecule has 0 saturated carbocycles. The molecule has 1 aliphatic rings. The van der Waals surface area contributed by atoms with Crippen LogP contribution in [-0.2, 0) is 0 Å². The van der Waals surface area contributed by atoms with Crippen LogP contribution in [0.5, 0.6) is 5.75 Å². The van der Waals surface area contributed by atoms with E-state index in [-0.39, 0.29) is 11.6 Å². The Balaban J connectivity index is 1.36. The third-order valence-electron chi connectivity index (χ3n) is 5.12. The second-order valence-corrected chi connectivity index (χ2v) is 8.48. The Hall–Kier alpha value is -2.90. The lowest BCUT2D eigenvalue weighted by Gasteiger charge is -2.15. The van der Waals surface area contributed by atoms with Gasteiger partial charge in [0.2, 0.25) is 5.78 Å². The monoisotopic (exact) mass is 422 g/mol. The van der Waals surface area contributed by atoms with Gasteiger partial charge in [-0.2, -0.15) is 0 Å². The number of carbonyl (C=O) groups is 1. The maximum Gasteiger partial charge on any atom is 0.206 e. The summed E-state index contributed by atoms with van der Waals surface area (Å²) in [6.07, 6.45) is 2.58. The van der Waals surface area contributed by atoms with Crippen LogP contribution >= 0.6 is 11.3 Å². The largest absolute Gasteiger partial charge is 0.492 e. The number of thiazole rings is 1. The van der Waals surface area contributed by atoms with Gasteiger partial charge < -0.3 is 15.8 Å². The van der Waals surface area contributed by atoms with Crippen LogP contribution in [0.1, 0.15) is 33.6 Å². The lowest BCUT2D eigenvalue weighted by Crippen LogP contribution is -2.25. The predicted molar refractivity (Wildman–Crippen MR) is 122 cm³/mol. The molecule has 0 amide bonds. The van der Waals surface area contributed by atoms with Crippen molar-refractivity contribution in [2.75, 3.05) is 37.3 Å². The van der Waals surface area contributed by atoms with Crippen LogP contribution < -0.4 is 15.8 Å². The van der Waals surface area contributed by atoms with E-state index in [0.29, 0.717) is 22.2 Å². The minimum Gasteiger partial charge on any atom is -0.492 e. The quantitative estimate of drug-likeness (QED) is 0.521. The third kappa shape index (κ3) is 4.98. The lowest BCUT2D eigenvalue weighted by molar-refractivity contribution is 0.104. The number of likely N-dealkylation sites (tertiary alicyclic amines) is 1. The number of ether oxygens (including phenoxy) is 1. The van der Waals surface area contributed by atoms with E-state index < -0.39 is 0 Å². The highest BCUT2D eigenvalue weighted by Gasteiger charge is 2.18. The van der Waals surface area contributed by atoms with Crippen molar-refractivity contribution >= 4 is 33.8 Å². The summed E-state index contributed by atoms with van der Waals surface area (Å²) in [6.45, 7) is 5.98. The van der Waals surface area contributed by atoms with E-state index in [4.69, 9.17) is 10.5 Å². The summed E-state index contributed by atoms with van der Waals surface area (Å²) in [7, 11) is 0. The molecule has 30 heavy (non-hydrogen) atoms. The molecule has 3 N–H and O–H groups in total. The van der Waals surface area contributed by atoms with Gasteiger partial charge in [0.05, 0.1) is 0 Å². The smallest absolute Gasteiger partial charge is 0.206 e. The number of nitrogen functional groups attached to an aromatic ring is 1. The summed E-state index contributed by atoms with van der Waals surface area (Å²) in [4.78, 5) is 20.0. The molecule has 1 aliphatic heterocycles. The van der Waals surface area contributed by atoms with E-state index >= 15 is 0 Å². The zero-order valence-corrected chi connectivity index (χ0v) is 17.9. The van der Waals surface area contributed by atoms with Crippen molar-refractivity contribution in [3.8, 4) is 5.75 Å². The number of rotatable bonds is 8. The van der Waals surface area contributed by atoms with Crippen molar-refractivity contribution in [2.24, 2.45) is 0 Å². The minimum atomic E-state index is -0.108. The van der Waals surface area contributed by atoms with Gasteiger partial charge in [0, 0.05) is 17.8 Å². The number of nitrogens with one attached hydrogen (secondary N) is 1. The standard InChI is InChI=1S/C23H26N4O2S/c1-16-5-4-6-17(15-16)20(28)21-22(24)26-23(30-21)25-18-7-9-19(10-8-18)29-14-13-27-11-2-3-12-27/h4-10,15H,2-3,11-14,24H2,1H3,(H,25,26). The fraction of sp³-hybridized carbons (Fsp3) is 0.304. The minimum absolute atomic E-state index is 0.108. The highest BCUT2D eigenvalue weighted by molar-refractivity contribution is 7.18. The molecule has 0 spiro atoms. The highest BCUT2D eigenvalue weighted by Crippen LogP contribution is 2.30. The molecule has 0 aliphatic carbocycles. The number of nitrogens with zero attached hydrogens (tertiary/aromatic N) is 2. The first kappa shape index (κ1) is 20.4. The second-order valence-electron chi connectivity index (χ2n) is 7.48. The van der Waals surface area contributed by atoms with Gasteiger partial charge in [0.15, 0.2) is 5.13 Å². The van der Waals surface area contributed by atoms with E-state index in [0.717, 1.165) is 23.5 Å². The zero-order valence-electron chi connectivity index (χ0n) is 17.1. The summed E-state index contributed by atoms with van der Waals surface area (Å²) in [5, 5.41) is 3.81. The average molecular weight is 423 g/mol. The zero-order chi connectivity index (χ0) is 20.9. The summed E-state index contributed by atoms with van der Waals surface area (Å²) in [6, 6.07) is 15.2. The molecule has 0 atom stereocenters. The lowest BCUT2D eigenvalue weighted by atomic mass is 10.1. The first-order valence-electron chi connectivity index (χ1n) is 10.2. The maximum atomic E-state index is 12.8. The number of anilines is 3. The van der Waals surface area contributed by atoms with Gasteiger partial charge in [0.25, 0.3) is 0 Å². The van der Waals surface area contributed by atoms with E-state index in [9.17, 15) is 4.79 Å². The van der Waals surface area contributed by atoms with Crippen LogP contribution in [0.3, 0.4) is 0 Å². The summed E-state index contributed by atoms with van der Waals surface area (Å²) in [5.41, 5.74) is 8.53. The molecule has 1 aromatic heterocycles. The molecular weight excluding hydrogens is 396 g/mol. The fourth-order valence-corrected chi connectivity index (χ4v) is 4.39. The predicted octanol–water partition coefficient (Wildman–Crippen LogP) is 4.48. The number of ketones is 1. The van der Waals surface area contributed by atoms with Crippen molar-refractivity contribution in [3.63, 3.8) is 0 Å². The van der Waals surface area contributed by atoms with Crippen LogP contribution in [0.4, 0.5) is 16.6 Å². The van der Waals surface area contributed by atoms with Crippen molar-refractivity contribution in [1.82, 2.24) is 9.88 Å². The molecule has 1 fully saturated rings. The van der Waals surface area contributed by atoms with Gasteiger partial charge in [-0.3, -0.25) is 9.69 Å². The molecule has 0 radical (unpaired) electrons. The number of hydrogen-bond donors (Lipinski definition) is 2. The fourth-order valence-electron chi connectivity index (χ4n) is 3.52. The van der Waals surface area contributed by atoms with E-state index in [1.807, 2.05) is 49.4 Å². The van der Waals surface area contributed by atoms with E-state index in [1.54, 1.807) is 6.07 Å². The molecular formula is C23H26N4O2S. The van der Waals surface area contributed by atoms with Crippen molar-refractivity contribution in [1.29, 1.82) is 0 Å². The first-order chi connectivity index (χ1) is 14.6. The van der Waals surface area contributed by atoms with Gasteiger partial charge in [-0.05, 0) is 63.2 Å². The summed E-state index contributed by atoms with van der Waals surface area (Å²) >= 11 is 1.26. The number of carbonyl (C=O) groups excluding carboxylic acids is 1. The average Bonchev–Trinajstić information content (AvgIpc) is 3.38. The van der Waals surface area contributed by atoms with Crippen molar-refractivity contribution < 1.29 is 9.53 Å². The number of nitrogens with two attached hydrogens (primary N) is 1. The Kier molecular flexibility index (Phi) is 6.30. The number of benzene rings is 2. The van der Waals surface area contributed by atoms with Gasteiger partial charge >= 0.3 is 0 Å². The number of aromatic nitrogens is 1. The third-order valence-corrected chi connectivity index (χ3v) is 6.11. The Labute approximate surface area is 180 Å². The molecule has 2 heterocycles. The maximum absolute atomic E-state index is 12.8. The van der Waals surface area contributed by atoms with E-state index in [1.165, 1.54) is 37.3 Å².